The van der Waals surface area contributed by atoms with E-state index in [-0.39, 0.29) is 18.5 Å². The molecule has 18 heteroatoms. The first-order chi connectivity index (χ1) is 68.4. The number of hydrogen-bond acceptors (Lipinski definition) is 8. The summed E-state index contributed by atoms with van der Waals surface area (Å²) in [5.74, 6) is -0.455. The van der Waals surface area contributed by atoms with E-state index in [0.717, 1.165) is 18.9 Å². The number of esters is 2. The standard InChI is InChI=1S/C36H78OSi2.C30H63BrO3Si2.C25H49.C23H52OSi2.C7H11BrO2.C4H14OSi2/c1-6-7-8-9-10-11-12-13-14-15-16-17-18-19-20-21-22-23-24-25-26-27-28-29-30-31-32-33-34-35-36-39(4,5)37-38(2)3;1-8-9-10-11-12-13-14-15-16-17-18-19-20-21-22-23-24-27-35(4,5)34-36(6,7)28-25-26-33-29(32)30(2,3)31;1-3-5-7-9-11-13-15-17-19-21-23-25-24-22-20-18-16-14-12-10-8-6-4-2;1-6-7-8-9-10-11-12-13-14-15-16-17-18-19-20-21-22-23-26(4,5)24-25(2)3;1-4-5-10-6(9)7(2,3)8;1-6(2)5-7(3)4/h38H,6-36H2,1-5H3;8-28H2,1-7H3;1,3H,4-25H2,2H3;25H,6-23H2,1-5H3;4H,1,5H2,2-3H3;6-7H,1-4H3/q;;+1;;;. The topological polar surface area (TPSA) is 89.5 Å². The number of hydrogen-bond donors (Lipinski definition) is 0. The maximum absolute atomic E-state index is 11.9. The van der Waals surface area contributed by atoms with Crippen LogP contribution in [0.15, 0.2) is 18.7 Å². The van der Waals surface area contributed by atoms with Gasteiger partial charge in [-0.25, -0.2) is 0 Å². The summed E-state index contributed by atoms with van der Waals surface area (Å²) in [6.45, 7) is 63.1. The van der Waals surface area contributed by atoms with Gasteiger partial charge in [-0.05, 0) is 169 Å². The fraction of sp³-hybridized carbons (Fsp3) is 0.952. The third-order valence-electron chi connectivity index (χ3n) is 28.0. The van der Waals surface area contributed by atoms with Gasteiger partial charge >= 0.3 is 11.9 Å². The Morgan fingerprint density at radius 2 is 0.413 bits per heavy atom. The average molecular weight is 2280 g/mol. The Kier molecular flexibility index (Phi) is 128. The summed E-state index contributed by atoms with van der Waals surface area (Å²) in [5, 5.41) is 0. The van der Waals surface area contributed by atoms with Crippen LogP contribution in [0.25, 0.3) is 0 Å². The molecule has 0 aromatic carbocycles. The lowest BCUT2D eigenvalue weighted by molar-refractivity contribution is -0.145. The Morgan fingerprint density at radius 1 is 0.252 bits per heavy atom. The fourth-order valence-corrected chi connectivity index (χ4v) is 46.6. The van der Waals surface area contributed by atoms with Crippen molar-refractivity contribution in [1.29, 1.82) is 0 Å². The fourth-order valence-electron chi connectivity index (χ4n) is 19.7. The van der Waals surface area contributed by atoms with E-state index in [1.54, 1.807) is 19.9 Å². The molecule has 0 rings (SSSR count). The molecule has 0 atom stereocenters. The molecule has 0 aromatic heterocycles. The van der Waals surface area contributed by atoms with Crippen LogP contribution in [-0.2, 0) is 35.5 Å². The van der Waals surface area contributed by atoms with Gasteiger partial charge in [0.25, 0.3) is 0 Å². The van der Waals surface area contributed by atoms with Crippen LogP contribution >= 0.6 is 31.9 Å². The first-order valence-electron chi connectivity index (χ1n) is 64.0. The van der Waals surface area contributed by atoms with Crippen LogP contribution in [0, 0.1) is 6.58 Å². The van der Waals surface area contributed by atoms with Crippen LogP contribution < -0.4 is 0 Å². The molecule has 0 bridgehead atoms. The van der Waals surface area contributed by atoms with E-state index in [4.69, 9.17) is 32.5 Å². The van der Waals surface area contributed by atoms with Crippen molar-refractivity contribution in [2.45, 2.75) is 752 Å². The van der Waals surface area contributed by atoms with Crippen LogP contribution in [0.4, 0.5) is 0 Å². The van der Waals surface area contributed by atoms with Crippen LogP contribution in [-0.4, -0.2) is 103 Å². The molecule has 0 fully saturated rings. The highest BCUT2D eigenvalue weighted by atomic mass is 79.9. The van der Waals surface area contributed by atoms with E-state index in [1.807, 2.05) is 13.8 Å². The monoisotopic (exact) mass is 2280 g/mol. The first kappa shape index (κ1) is 154. The summed E-state index contributed by atoms with van der Waals surface area (Å²) in [4.78, 5) is 22.8. The van der Waals surface area contributed by atoms with Crippen molar-refractivity contribution in [1.82, 2.24) is 0 Å². The molecule has 0 aliphatic carbocycles. The summed E-state index contributed by atoms with van der Waals surface area (Å²) in [6.07, 6.45) is 129. The third kappa shape index (κ3) is 145. The zero-order chi connectivity index (χ0) is 108. The Hall–Kier alpha value is 0.865. The first-order valence-corrected chi connectivity index (χ1v) is 89.1. The molecule has 0 aliphatic heterocycles. The number of ether oxygens (including phenoxy) is 2. The molecular weight excluding hydrogens is 2010 g/mol. The van der Waals surface area contributed by atoms with E-state index in [1.165, 1.54) is 570 Å². The Labute approximate surface area is 931 Å². The highest BCUT2D eigenvalue weighted by molar-refractivity contribution is 9.10. The molecule has 0 spiro atoms. The van der Waals surface area contributed by atoms with E-state index in [9.17, 15) is 9.59 Å². The van der Waals surface area contributed by atoms with Gasteiger partial charge in [0.1, 0.15) is 15.3 Å². The van der Waals surface area contributed by atoms with Gasteiger partial charge in [-0.3, -0.25) is 9.59 Å². The summed E-state index contributed by atoms with van der Waals surface area (Å²) >= 11 is 6.53. The lowest BCUT2D eigenvalue weighted by Gasteiger charge is -2.34. The Balaban J connectivity index is -0.000000418. The predicted octanol–water partition coefficient (Wildman–Crippen LogP) is 46.4. The van der Waals surface area contributed by atoms with Gasteiger partial charge in [-0.15, -0.1) is 0 Å². The molecule has 0 amide bonds. The number of unbranched alkanes of at least 4 members (excludes halogenated alkanes) is 82. The lowest BCUT2D eigenvalue weighted by atomic mass is 10.0. The van der Waals surface area contributed by atoms with Gasteiger partial charge in [0.2, 0.25) is 6.58 Å². The van der Waals surface area contributed by atoms with Gasteiger partial charge < -0.3 is 25.9 Å². The van der Waals surface area contributed by atoms with Crippen LogP contribution in [0.2, 0.25) is 129 Å². The Morgan fingerprint density at radius 3 is 0.566 bits per heavy atom. The van der Waals surface area contributed by atoms with Crippen molar-refractivity contribution in [2.75, 3.05) is 13.2 Å². The van der Waals surface area contributed by atoms with Gasteiger partial charge in [0, 0.05) is 6.42 Å². The maximum atomic E-state index is 11.9. The van der Waals surface area contributed by atoms with Crippen molar-refractivity contribution in [3.63, 3.8) is 0 Å². The zero-order valence-electron chi connectivity index (χ0n) is 103. The summed E-state index contributed by atoms with van der Waals surface area (Å²) in [7, 11) is -8.97. The maximum Gasteiger partial charge on any atom is 0.322 e. The molecule has 0 saturated carbocycles. The van der Waals surface area contributed by atoms with Gasteiger partial charge in [-0.1, -0.05) is 612 Å². The van der Waals surface area contributed by atoms with Crippen molar-refractivity contribution < 1.29 is 35.5 Å². The van der Waals surface area contributed by atoms with E-state index in [2.05, 4.69) is 171 Å². The minimum atomic E-state index is -1.71. The number of carbonyl (C=O) groups excluding carboxylic acids is 2. The smallest absolute Gasteiger partial charge is 0.322 e. The number of carbonyl (C=O) groups is 2. The summed E-state index contributed by atoms with van der Waals surface area (Å²) < 4.78 is 33.8. The highest BCUT2D eigenvalue weighted by Crippen LogP contribution is 2.30. The minimum Gasteiger partial charge on any atom is -0.465 e. The summed E-state index contributed by atoms with van der Waals surface area (Å²) in [5.41, 5.74) is 0. The van der Waals surface area contributed by atoms with Crippen molar-refractivity contribution in [2.24, 2.45) is 0 Å². The van der Waals surface area contributed by atoms with Gasteiger partial charge in [0.15, 0.2) is 75.5 Å². The zero-order valence-corrected chi connectivity index (χ0v) is 114. The summed E-state index contributed by atoms with van der Waals surface area (Å²) in [6, 6.07) is 5.07. The number of alkyl halides is 2. The molecule has 0 heterocycles. The van der Waals surface area contributed by atoms with E-state index >= 15 is 0 Å². The molecule has 860 valence electrons. The molecular formula is C125H267Br2O8Si8+. The molecule has 0 saturated heterocycles. The van der Waals surface area contributed by atoms with Crippen LogP contribution in [0.1, 0.15) is 614 Å². The lowest BCUT2D eigenvalue weighted by Crippen LogP contribution is -2.44. The minimum absolute atomic E-state index is 0.184. The van der Waals surface area contributed by atoms with Crippen molar-refractivity contribution in [3.8, 4) is 0 Å². The van der Waals surface area contributed by atoms with Gasteiger partial charge in [-0.2, -0.15) is 0 Å². The highest BCUT2D eigenvalue weighted by Gasteiger charge is 2.33. The third-order valence-corrected chi connectivity index (χ3v) is 52.6. The molecule has 0 N–H and O–H groups in total. The van der Waals surface area contributed by atoms with E-state index < -0.39 is 78.1 Å². The molecule has 0 aromatic rings. The molecule has 0 radical (unpaired) electrons. The predicted molar refractivity (Wildman–Crippen MR) is 680 cm³/mol. The average Bonchev–Trinajstić information content (AvgIpc) is 0.866. The second-order valence-corrected chi connectivity index (χ2v) is 80.9. The SMILES string of the molecule is C=CCOC(=O)C(C)(C)Br.CCCCCCCCCCCCCCCCCCCCCCCCCCCCCCCC[Si](C)(C)O[SiH](C)C.CCCCCCCCCCCCCCCCCCC[Si](C)(C)O[SiH](C)C.CCCCCCCCCCCCCCCCCCC[Si](C)(C)O[Si](C)(C)CCCOC(=O)C(C)(C)Br.C[SiH](C)O[SiH](C)C.[CH+]=CCCCCCCCCCCCCCCCCCCCCCCC. The largest absolute Gasteiger partial charge is 0.465 e. The Bertz CT molecular complexity index is 2470. The van der Waals surface area contributed by atoms with E-state index in [0.29, 0.717) is 6.61 Å². The van der Waals surface area contributed by atoms with Crippen molar-refractivity contribution in [3.05, 3.63) is 25.3 Å². The van der Waals surface area contributed by atoms with Gasteiger partial charge in [0.05, 0.1) is 6.61 Å². The molecule has 8 nitrogen and oxygen atoms in total. The number of allylic oxidation sites excluding steroid dienone is 1. The number of rotatable bonds is 105. The molecule has 0 aliphatic rings. The van der Waals surface area contributed by atoms with Crippen molar-refractivity contribution >= 4 is 113 Å². The quantitative estimate of drug-likeness (QED) is 0.0149. The van der Waals surface area contributed by atoms with Crippen LogP contribution in [0.3, 0.4) is 0 Å². The normalized spacial score (nSPS) is 12.0. The van der Waals surface area contributed by atoms with Crippen LogP contribution in [0.5, 0.6) is 0 Å². The molecule has 143 heavy (non-hydrogen) atoms. The second kappa shape index (κ2) is 118. The molecule has 0 unspecified atom stereocenters. The second-order valence-electron chi connectivity index (χ2n) is 48.7. The number of halogens is 2.